The summed E-state index contributed by atoms with van der Waals surface area (Å²) in [6, 6.07) is 0.375. The fourth-order valence-corrected chi connectivity index (χ4v) is 1.38. The van der Waals surface area contributed by atoms with Crippen LogP contribution in [-0.4, -0.2) is 6.04 Å². The monoisotopic (exact) mass is 123 g/mol. The number of rotatable bonds is 0. The summed E-state index contributed by atoms with van der Waals surface area (Å²) in [4.78, 5) is 0. The van der Waals surface area contributed by atoms with E-state index in [1.165, 1.54) is 12.8 Å². The van der Waals surface area contributed by atoms with Crippen molar-refractivity contribution in [3.8, 4) is 12.3 Å². The summed E-state index contributed by atoms with van der Waals surface area (Å²) in [6.45, 7) is 0. The topological polar surface area (TPSA) is 26.0 Å². The van der Waals surface area contributed by atoms with Gasteiger partial charge in [-0.25, -0.2) is 0 Å². The lowest BCUT2D eigenvalue weighted by Crippen LogP contribution is -2.26. The van der Waals surface area contributed by atoms with Gasteiger partial charge in [-0.3, -0.25) is 0 Å². The Bertz CT molecular complexity index is 123. The highest BCUT2D eigenvalue weighted by atomic mass is 14.6. The van der Waals surface area contributed by atoms with Gasteiger partial charge in [-0.1, -0.05) is 6.42 Å². The maximum absolute atomic E-state index is 5.71. The third-order valence-electron chi connectivity index (χ3n) is 1.95. The second-order valence-electron chi connectivity index (χ2n) is 2.79. The molecule has 0 amide bonds. The lowest BCUT2D eigenvalue weighted by molar-refractivity contribution is 0.381. The minimum absolute atomic E-state index is 0.375. The molecule has 0 radical (unpaired) electrons. The van der Waals surface area contributed by atoms with Crippen LogP contribution in [0, 0.1) is 18.3 Å². The smallest absolute Gasteiger partial charge is 0.0214 e. The largest absolute Gasteiger partial charge is 0.328 e. The molecule has 0 spiro atoms. The molecule has 1 nitrogen and oxygen atoms in total. The number of hydrogen-bond donors (Lipinski definition) is 1. The molecule has 1 fully saturated rings. The van der Waals surface area contributed by atoms with Gasteiger partial charge in [0.15, 0.2) is 0 Å². The zero-order chi connectivity index (χ0) is 6.69. The molecule has 0 unspecified atom stereocenters. The maximum atomic E-state index is 5.71. The van der Waals surface area contributed by atoms with Crippen LogP contribution in [0.2, 0.25) is 0 Å². The fraction of sp³-hybridized carbons (Fsp3) is 0.750. The van der Waals surface area contributed by atoms with E-state index in [9.17, 15) is 0 Å². The van der Waals surface area contributed by atoms with E-state index in [-0.39, 0.29) is 0 Å². The summed E-state index contributed by atoms with van der Waals surface area (Å²) < 4.78 is 0. The van der Waals surface area contributed by atoms with Crippen molar-refractivity contribution >= 4 is 0 Å². The summed E-state index contributed by atoms with van der Waals surface area (Å²) in [7, 11) is 0. The third-order valence-corrected chi connectivity index (χ3v) is 1.95. The zero-order valence-corrected chi connectivity index (χ0v) is 5.64. The van der Waals surface area contributed by atoms with Gasteiger partial charge in [0.1, 0.15) is 0 Å². The molecule has 0 bridgehead atoms. The zero-order valence-electron chi connectivity index (χ0n) is 5.64. The molecular weight excluding hydrogens is 110 g/mol. The molecule has 2 atom stereocenters. The van der Waals surface area contributed by atoms with Crippen LogP contribution in [0.3, 0.4) is 0 Å². The molecule has 1 aliphatic rings. The van der Waals surface area contributed by atoms with Crippen LogP contribution in [-0.2, 0) is 0 Å². The quantitative estimate of drug-likeness (QED) is 0.480. The molecule has 0 aliphatic heterocycles. The average Bonchev–Trinajstić information content (AvgIpc) is 1.88. The van der Waals surface area contributed by atoms with E-state index in [0.717, 1.165) is 12.8 Å². The molecule has 1 heteroatoms. The summed E-state index contributed by atoms with van der Waals surface area (Å²) in [5, 5.41) is 0. The number of terminal acetylenes is 1. The van der Waals surface area contributed by atoms with Crippen molar-refractivity contribution < 1.29 is 0 Å². The summed E-state index contributed by atoms with van der Waals surface area (Å²) in [5.41, 5.74) is 5.71. The minimum Gasteiger partial charge on any atom is -0.328 e. The van der Waals surface area contributed by atoms with E-state index >= 15 is 0 Å². The van der Waals surface area contributed by atoms with Gasteiger partial charge in [-0.15, -0.1) is 12.3 Å². The van der Waals surface area contributed by atoms with Crippen LogP contribution < -0.4 is 5.73 Å². The van der Waals surface area contributed by atoms with Gasteiger partial charge >= 0.3 is 0 Å². The molecular formula is C8H13N. The second kappa shape index (κ2) is 2.89. The fourth-order valence-electron chi connectivity index (χ4n) is 1.38. The van der Waals surface area contributed by atoms with Gasteiger partial charge in [0, 0.05) is 12.0 Å². The van der Waals surface area contributed by atoms with Gasteiger partial charge in [0.05, 0.1) is 0 Å². The molecule has 0 aromatic rings. The van der Waals surface area contributed by atoms with E-state index in [1.54, 1.807) is 0 Å². The molecule has 0 aromatic heterocycles. The van der Waals surface area contributed by atoms with Crippen molar-refractivity contribution in [3.63, 3.8) is 0 Å². The molecule has 0 saturated heterocycles. The van der Waals surface area contributed by atoms with E-state index in [1.807, 2.05) is 0 Å². The van der Waals surface area contributed by atoms with Crippen molar-refractivity contribution in [1.29, 1.82) is 0 Å². The van der Waals surface area contributed by atoms with Crippen molar-refractivity contribution in [3.05, 3.63) is 0 Å². The first-order valence-electron chi connectivity index (χ1n) is 3.54. The predicted molar refractivity (Wildman–Crippen MR) is 38.8 cm³/mol. The van der Waals surface area contributed by atoms with Gasteiger partial charge in [-0.05, 0) is 19.3 Å². The number of nitrogens with two attached hydrogens (primary N) is 1. The van der Waals surface area contributed by atoms with Crippen LogP contribution in [0.25, 0.3) is 0 Å². The highest BCUT2D eigenvalue weighted by Gasteiger charge is 2.16. The molecule has 0 aromatic carbocycles. The third kappa shape index (κ3) is 1.73. The summed E-state index contributed by atoms with van der Waals surface area (Å²) in [6.07, 6.45) is 9.87. The first kappa shape index (κ1) is 6.64. The van der Waals surface area contributed by atoms with E-state index < -0.39 is 0 Å². The van der Waals surface area contributed by atoms with Crippen molar-refractivity contribution in [2.24, 2.45) is 11.7 Å². The van der Waals surface area contributed by atoms with Crippen LogP contribution in [0.1, 0.15) is 25.7 Å². The Balaban J connectivity index is 2.34. The second-order valence-corrected chi connectivity index (χ2v) is 2.79. The molecule has 1 saturated carbocycles. The summed E-state index contributed by atoms with van der Waals surface area (Å²) in [5.74, 6) is 3.22. The van der Waals surface area contributed by atoms with Gasteiger partial charge in [-0.2, -0.15) is 0 Å². The molecule has 2 N–H and O–H groups in total. The highest BCUT2D eigenvalue weighted by molar-refractivity contribution is 4.96. The van der Waals surface area contributed by atoms with Crippen LogP contribution >= 0.6 is 0 Å². The molecule has 0 heterocycles. The van der Waals surface area contributed by atoms with Crippen molar-refractivity contribution in [2.45, 2.75) is 31.7 Å². The van der Waals surface area contributed by atoms with Crippen LogP contribution in [0.4, 0.5) is 0 Å². The Morgan fingerprint density at radius 3 is 2.67 bits per heavy atom. The maximum Gasteiger partial charge on any atom is 0.0214 e. The first-order chi connectivity index (χ1) is 4.33. The lowest BCUT2D eigenvalue weighted by atomic mass is 9.87. The Morgan fingerprint density at radius 2 is 2.22 bits per heavy atom. The Kier molecular flexibility index (Phi) is 2.13. The molecule has 1 rings (SSSR count). The van der Waals surface area contributed by atoms with Gasteiger partial charge < -0.3 is 5.73 Å². The Morgan fingerprint density at radius 1 is 1.44 bits per heavy atom. The average molecular weight is 123 g/mol. The van der Waals surface area contributed by atoms with Gasteiger partial charge in [0.2, 0.25) is 0 Å². The minimum atomic E-state index is 0.375. The number of hydrogen-bond acceptors (Lipinski definition) is 1. The van der Waals surface area contributed by atoms with Crippen molar-refractivity contribution in [2.75, 3.05) is 0 Å². The van der Waals surface area contributed by atoms with E-state index in [0.29, 0.717) is 12.0 Å². The van der Waals surface area contributed by atoms with Crippen molar-refractivity contribution in [1.82, 2.24) is 0 Å². The lowest BCUT2D eigenvalue weighted by Gasteiger charge is -2.22. The Labute approximate surface area is 56.6 Å². The summed E-state index contributed by atoms with van der Waals surface area (Å²) >= 11 is 0. The van der Waals surface area contributed by atoms with E-state index in [2.05, 4.69) is 5.92 Å². The molecule has 50 valence electrons. The standard InChI is InChI=1S/C8H13N/c1-2-7-4-3-5-8(9)6-7/h1,7-8H,3-6,9H2/t7-,8-/m1/s1. The molecule has 9 heavy (non-hydrogen) atoms. The predicted octanol–water partition coefficient (Wildman–Crippen LogP) is 1.14. The van der Waals surface area contributed by atoms with Crippen LogP contribution in [0.15, 0.2) is 0 Å². The first-order valence-corrected chi connectivity index (χ1v) is 3.54. The van der Waals surface area contributed by atoms with Gasteiger partial charge in [0.25, 0.3) is 0 Å². The van der Waals surface area contributed by atoms with Crippen LogP contribution in [0.5, 0.6) is 0 Å². The Hall–Kier alpha value is -0.480. The normalized spacial score (nSPS) is 35.6. The van der Waals surface area contributed by atoms with E-state index in [4.69, 9.17) is 12.2 Å². The SMILES string of the molecule is C#C[C@@H]1CCC[C@@H](N)C1. The molecule has 1 aliphatic carbocycles. The highest BCUT2D eigenvalue weighted by Crippen LogP contribution is 2.21.